The normalized spacial score (nSPS) is 25.2. The van der Waals surface area contributed by atoms with Gasteiger partial charge < -0.3 is 5.11 Å². The first kappa shape index (κ1) is 10.9. The van der Waals surface area contributed by atoms with Gasteiger partial charge in [0.25, 0.3) is 10.2 Å². The molecular formula is C7H16N2O3S. The third-order valence-corrected chi connectivity index (χ3v) is 3.48. The fourth-order valence-electron chi connectivity index (χ4n) is 1.76. The van der Waals surface area contributed by atoms with Crippen molar-refractivity contribution >= 4 is 10.2 Å². The number of aliphatic hydroxyl groups excluding tert-OH is 1. The molecule has 0 aromatic heterocycles. The highest BCUT2D eigenvalue weighted by Crippen LogP contribution is 2.22. The summed E-state index contributed by atoms with van der Waals surface area (Å²) in [6, 6.07) is 0.00199. The van der Waals surface area contributed by atoms with Crippen molar-refractivity contribution in [2.24, 2.45) is 5.14 Å². The van der Waals surface area contributed by atoms with Gasteiger partial charge in [-0.1, -0.05) is 0 Å². The quantitative estimate of drug-likeness (QED) is 0.648. The molecule has 1 aliphatic heterocycles. The summed E-state index contributed by atoms with van der Waals surface area (Å²) >= 11 is 0. The average molecular weight is 208 g/mol. The standard InChI is InChI=1S/C7H16N2O3S/c8-13(11,12)9-5-1-3-7(9)4-2-6-10/h7,10H,1-6H2,(H2,8,11,12). The molecule has 1 atom stereocenters. The maximum atomic E-state index is 11.0. The molecule has 6 heteroatoms. The molecule has 0 radical (unpaired) electrons. The first-order chi connectivity index (χ1) is 6.05. The maximum absolute atomic E-state index is 11.0. The van der Waals surface area contributed by atoms with Gasteiger partial charge >= 0.3 is 0 Å². The van der Waals surface area contributed by atoms with E-state index in [0.717, 1.165) is 12.8 Å². The second-order valence-electron chi connectivity index (χ2n) is 3.32. The smallest absolute Gasteiger partial charge is 0.277 e. The molecule has 0 bridgehead atoms. The zero-order valence-electron chi connectivity index (χ0n) is 7.52. The SMILES string of the molecule is NS(=O)(=O)N1CCCC1CCCO. The molecule has 0 saturated carbocycles. The summed E-state index contributed by atoms with van der Waals surface area (Å²) < 4.78 is 23.4. The summed E-state index contributed by atoms with van der Waals surface area (Å²) in [7, 11) is -3.53. The molecule has 1 saturated heterocycles. The lowest BCUT2D eigenvalue weighted by Gasteiger charge is -2.20. The third-order valence-electron chi connectivity index (χ3n) is 2.35. The van der Waals surface area contributed by atoms with Gasteiger partial charge in [0.2, 0.25) is 0 Å². The molecular weight excluding hydrogens is 192 g/mol. The van der Waals surface area contributed by atoms with Crippen LogP contribution in [-0.4, -0.2) is 37.0 Å². The van der Waals surface area contributed by atoms with E-state index in [1.807, 2.05) is 0 Å². The van der Waals surface area contributed by atoms with Crippen molar-refractivity contribution in [3.05, 3.63) is 0 Å². The minimum absolute atomic E-state index is 0.00199. The van der Waals surface area contributed by atoms with Crippen LogP contribution in [-0.2, 0) is 10.2 Å². The van der Waals surface area contributed by atoms with E-state index in [2.05, 4.69) is 0 Å². The minimum Gasteiger partial charge on any atom is -0.396 e. The minimum atomic E-state index is -3.53. The summed E-state index contributed by atoms with van der Waals surface area (Å²) in [5.74, 6) is 0. The van der Waals surface area contributed by atoms with Crippen LogP contribution in [0.3, 0.4) is 0 Å². The zero-order chi connectivity index (χ0) is 9.90. The van der Waals surface area contributed by atoms with Gasteiger partial charge in [0.15, 0.2) is 0 Å². The Bertz CT molecular complexity index is 252. The lowest BCUT2D eigenvalue weighted by atomic mass is 10.1. The van der Waals surface area contributed by atoms with Crippen LogP contribution < -0.4 is 5.14 Å². The van der Waals surface area contributed by atoms with E-state index in [0.29, 0.717) is 19.4 Å². The molecule has 1 aliphatic rings. The molecule has 1 heterocycles. The van der Waals surface area contributed by atoms with Gasteiger partial charge in [0.05, 0.1) is 0 Å². The van der Waals surface area contributed by atoms with Gasteiger partial charge in [-0.25, -0.2) is 5.14 Å². The first-order valence-electron chi connectivity index (χ1n) is 4.46. The van der Waals surface area contributed by atoms with Crippen LogP contribution in [0.25, 0.3) is 0 Å². The number of hydrogen-bond donors (Lipinski definition) is 2. The zero-order valence-corrected chi connectivity index (χ0v) is 8.33. The second kappa shape index (κ2) is 4.36. The van der Waals surface area contributed by atoms with Crippen LogP contribution in [0.1, 0.15) is 25.7 Å². The van der Waals surface area contributed by atoms with Crippen molar-refractivity contribution in [3.63, 3.8) is 0 Å². The predicted octanol–water partition coefficient (Wildman–Crippen LogP) is -0.573. The van der Waals surface area contributed by atoms with Crippen LogP contribution >= 0.6 is 0 Å². The van der Waals surface area contributed by atoms with E-state index >= 15 is 0 Å². The van der Waals surface area contributed by atoms with Crippen LogP contribution in [0, 0.1) is 0 Å². The van der Waals surface area contributed by atoms with Gasteiger partial charge in [0, 0.05) is 19.2 Å². The highest BCUT2D eigenvalue weighted by Gasteiger charge is 2.31. The summed E-state index contributed by atoms with van der Waals surface area (Å²) in [5, 5.41) is 13.7. The van der Waals surface area contributed by atoms with Gasteiger partial charge in [-0.2, -0.15) is 12.7 Å². The summed E-state index contributed by atoms with van der Waals surface area (Å²) in [6.45, 7) is 0.629. The molecule has 0 aromatic rings. The second-order valence-corrected chi connectivity index (χ2v) is 4.82. The fraction of sp³-hybridized carbons (Fsp3) is 1.00. The molecule has 0 aromatic carbocycles. The number of rotatable bonds is 4. The number of hydrogen-bond acceptors (Lipinski definition) is 3. The number of aliphatic hydroxyl groups is 1. The van der Waals surface area contributed by atoms with Gasteiger partial charge in [-0.3, -0.25) is 0 Å². The van der Waals surface area contributed by atoms with Crippen molar-refractivity contribution in [3.8, 4) is 0 Å². The van der Waals surface area contributed by atoms with Crippen molar-refractivity contribution in [1.29, 1.82) is 0 Å². The summed E-state index contributed by atoms with van der Waals surface area (Å²) in [5.41, 5.74) is 0. The highest BCUT2D eigenvalue weighted by molar-refractivity contribution is 7.86. The van der Waals surface area contributed by atoms with Gasteiger partial charge in [-0.15, -0.1) is 0 Å². The van der Waals surface area contributed by atoms with E-state index in [9.17, 15) is 8.42 Å². The van der Waals surface area contributed by atoms with Crippen LogP contribution in [0.5, 0.6) is 0 Å². The molecule has 78 valence electrons. The topological polar surface area (TPSA) is 83.6 Å². The van der Waals surface area contributed by atoms with Gasteiger partial charge in [-0.05, 0) is 25.7 Å². The average Bonchev–Trinajstić information content (AvgIpc) is 2.47. The Morgan fingerprint density at radius 3 is 2.77 bits per heavy atom. The van der Waals surface area contributed by atoms with Crippen molar-refractivity contribution in [1.82, 2.24) is 4.31 Å². The van der Waals surface area contributed by atoms with E-state index in [1.54, 1.807) is 0 Å². The molecule has 0 spiro atoms. The molecule has 3 N–H and O–H groups in total. The van der Waals surface area contributed by atoms with E-state index in [1.165, 1.54) is 4.31 Å². The van der Waals surface area contributed by atoms with Crippen LogP contribution in [0.4, 0.5) is 0 Å². The maximum Gasteiger partial charge on any atom is 0.277 e. The van der Waals surface area contributed by atoms with E-state index < -0.39 is 10.2 Å². The fourth-order valence-corrected chi connectivity index (χ4v) is 2.77. The number of nitrogens with zero attached hydrogens (tertiary/aromatic N) is 1. The molecule has 0 aliphatic carbocycles. The largest absolute Gasteiger partial charge is 0.396 e. The van der Waals surface area contributed by atoms with Gasteiger partial charge in [0.1, 0.15) is 0 Å². The Morgan fingerprint density at radius 2 is 2.23 bits per heavy atom. The lowest BCUT2D eigenvalue weighted by molar-refractivity contribution is 0.264. The molecule has 0 amide bonds. The Morgan fingerprint density at radius 1 is 1.54 bits per heavy atom. The highest BCUT2D eigenvalue weighted by atomic mass is 32.2. The Labute approximate surface area is 78.7 Å². The molecule has 1 fully saturated rings. The Balaban J connectivity index is 2.54. The van der Waals surface area contributed by atoms with Crippen molar-refractivity contribution < 1.29 is 13.5 Å². The van der Waals surface area contributed by atoms with Crippen LogP contribution in [0.2, 0.25) is 0 Å². The summed E-state index contributed by atoms with van der Waals surface area (Å²) in [6.07, 6.45) is 3.06. The number of nitrogens with two attached hydrogens (primary N) is 1. The molecule has 1 unspecified atom stereocenters. The van der Waals surface area contributed by atoms with E-state index in [4.69, 9.17) is 10.2 Å². The van der Waals surface area contributed by atoms with Crippen molar-refractivity contribution in [2.45, 2.75) is 31.7 Å². The Kier molecular flexibility index (Phi) is 3.66. The molecule has 13 heavy (non-hydrogen) atoms. The van der Waals surface area contributed by atoms with Crippen LogP contribution in [0.15, 0.2) is 0 Å². The summed E-state index contributed by atoms with van der Waals surface area (Å²) in [4.78, 5) is 0. The third kappa shape index (κ3) is 2.91. The van der Waals surface area contributed by atoms with Crippen molar-refractivity contribution in [2.75, 3.05) is 13.2 Å². The Hall–Kier alpha value is -0.170. The predicted molar refractivity (Wildman–Crippen MR) is 49.2 cm³/mol. The molecule has 5 nitrogen and oxygen atoms in total. The van der Waals surface area contributed by atoms with E-state index in [-0.39, 0.29) is 12.6 Å². The lowest BCUT2D eigenvalue weighted by Crippen LogP contribution is -2.40. The first-order valence-corrected chi connectivity index (χ1v) is 5.96. The monoisotopic (exact) mass is 208 g/mol. The molecule has 1 rings (SSSR count).